The Labute approximate surface area is 92.7 Å². The molecule has 1 aromatic rings. The zero-order valence-electron chi connectivity index (χ0n) is 7.57. The molecule has 0 saturated heterocycles. The summed E-state index contributed by atoms with van der Waals surface area (Å²) in [7, 11) is 0. The van der Waals surface area contributed by atoms with Crippen LogP contribution in [0.25, 0.3) is 0 Å². The van der Waals surface area contributed by atoms with Crippen LogP contribution in [-0.4, -0.2) is 27.9 Å². The second kappa shape index (κ2) is 8.56. The Balaban J connectivity index is 0. The van der Waals surface area contributed by atoms with E-state index in [9.17, 15) is 4.79 Å². The quantitative estimate of drug-likeness (QED) is 0.649. The fourth-order valence-electron chi connectivity index (χ4n) is 0.654. The molecule has 1 aromatic carbocycles. The number of phenols is 1. The van der Waals surface area contributed by atoms with Crippen molar-refractivity contribution in [2.24, 2.45) is 0 Å². The standard InChI is InChI=1S/C7H6O3.C2H6O.Cu/c8-6-4-2-1-3-5(6)7(9)10;1-2-3;/h1-4,8H,(H,9,10);3H,2H2,1H3;. The number of benzene rings is 1. The molecule has 0 aliphatic heterocycles. The summed E-state index contributed by atoms with van der Waals surface area (Å²) in [6, 6.07) is 5.81. The predicted octanol–water partition coefficient (Wildman–Crippen LogP) is 1.09. The van der Waals surface area contributed by atoms with Gasteiger partial charge < -0.3 is 15.3 Å². The minimum Gasteiger partial charge on any atom is -0.507 e. The van der Waals surface area contributed by atoms with Gasteiger partial charge in [0.25, 0.3) is 0 Å². The van der Waals surface area contributed by atoms with Crippen molar-refractivity contribution >= 4 is 5.97 Å². The number of hydrogen-bond acceptors (Lipinski definition) is 3. The van der Waals surface area contributed by atoms with Crippen molar-refractivity contribution in [2.45, 2.75) is 6.92 Å². The minimum atomic E-state index is -1.11. The summed E-state index contributed by atoms with van der Waals surface area (Å²) in [6.07, 6.45) is 0. The van der Waals surface area contributed by atoms with Crippen LogP contribution in [0.2, 0.25) is 0 Å². The molecular formula is C9H12CuO4. The van der Waals surface area contributed by atoms with Crippen LogP contribution in [0.3, 0.4) is 0 Å². The van der Waals surface area contributed by atoms with Crippen molar-refractivity contribution in [3.63, 3.8) is 0 Å². The van der Waals surface area contributed by atoms with Gasteiger partial charge in [-0.05, 0) is 19.1 Å². The van der Waals surface area contributed by atoms with Crippen LogP contribution in [0.5, 0.6) is 5.75 Å². The van der Waals surface area contributed by atoms with Crippen molar-refractivity contribution in [1.29, 1.82) is 0 Å². The van der Waals surface area contributed by atoms with E-state index in [-0.39, 0.29) is 35.0 Å². The van der Waals surface area contributed by atoms with Gasteiger partial charge in [0.15, 0.2) is 0 Å². The Morgan fingerprint density at radius 1 is 1.36 bits per heavy atom. The van der Waals surface area contributed by atoms with Crippen LogP contribution in [-0.2, 0) is 17.1 Å². The molecule has 5 heteroatoms. The molecule has 0 aliphatic rings. The first-order chi connectivity index (χ1) is 6.13. The number of carboxylic acid groups (broad SMARTS) is 1. The largest absolute Gasteiger partial charge is 0.507 e. The Hall–Kier alpha value is -1.03. The number of carboxylic acids is 1. The van der Waals surface area contributed by atoms with Crippen molar-refractivity contribution in [3.05, 3.63) is 29.8 Å². The third-order valence-electron chi connectivity index (χ3n) is 1.13. The molecule has 0 aliphatic carbocycles. The molecule has 0 aromatic heterocycles. The zero-order valence-corrected chi connectivity index (χ0v) is 8.51. The van der Waals surface area contributed by atoms with E-state index in [0.29, 0.717) is 0 Å². The topological polar surface area (TPSA) is 77.8 Å². The molecule has 0 unspecified atom stereocenters. The molecule has 0 spiro atoms. The average Bonchev–Trinajstić information content (AvgIpc) is 2.06. The van der Waals surface area contributed by atoms with Crippen molar-refractivity contribution in [1.82, 2.24) is 0 Å². The van der Waals surface area contributed by atoms with Gasteiger partial charge in [-0.1, -0.05) is 12.1 Å². The summed E-state index contributed by atoms with van der Waals surface area (Å²) in [5, 5.41) is 24.9. The molecule has 0 bridgehead atoms. The van der Waals surface area contributed by atoms with Crippen LogP contribution < -0.4 is 0 Å². The second-order valence-corrected chi connectivity index (χ2v) is 2.14. The van der Waals surface area contributed by atoms with Crippen LogP contribution >= 0.6 is 0 Å². The number of hydrogen-bond donors (Lipinski definition) is 3. The predicted molar refractivity (Wildman–Crippen MR) is 47.8 cm³/mol. The molecule has 4 nitrogen and oxygen atoms in total. The fourth-order valence-corrected chi connectivity index (χ4v) is 0.654. The maximum Gasteiger partial charge on any atom is 0.339 e. The number of rotatable bonds is 1. The second-order valence-electron chi connectivity index (χ2n) is 2.14. The van der Waals surface area contributed by atoms with E-state index in [0.717, 1.165) is 0 Å². The summed E-state index contributed by atoms with van der Waals surface area (Å²) in [4.78, 5) is 10.3. The van der Waals surface area contributed by atoms with Crippen LogP contribution in [0.1, 0.15) is 17.3 Å². The van der Waals surface area contributed by atoms with E-state index in [2.05, 4.69) is 0 Å². The van der Waals surface area contributed by atoms with Gasteiger partial charge in [-0.2, -0.15) is 0 Å². The van der Waals surface area contributed by atoms with Crippen LogP contribution in [0, 0.1) is 0 Å². The summed E-state index contributed by atoms with van der Waals surface area (Å²) >= 11 is 0. The van der Waals surface area contributed by atoms with E-state index in [1.54, 1.807) is 19.1 Å². The van der Waals surface area contributed by atoms with Crippen LogP contribution in [0.4, 0.5) is 0 Å². The monoisotopic (exact) mass is 247 g/mol. The molecule has 0 fully saturated rings. The molecule has 14 heavy (non-hydrogen) atoms. The third-order valence-corrected chi connectivity index (χ3v) is 1.13. The number of aliphatic hydroxyl groups is 1. The molecule has 0 saturated carbocycles. The Kier molecular flexibility index (Phi) is 9.44. The normalized spacial score (nSPS) is 7.86. The molecule has 1 radical (unpaired) electrons. The number of aromatic hydroxyl groups is 1. The Morgan fingerprint density at radius 3 is 2.07 bits per heavy atom. The van der Waals surface area contributed by atoms with Gasteiger partial charge in [-0.3, -0.25) is 0 Å². The molecular weight excluding hydrogens is 236 g/mol. The molecule has 0 atom stereocenters. The first kappa shape index (κ1) is 15.4. The van der Waals surface area contributed by atoms with Gasteiger partial charge in [0.1, 0.15) is 11.3 Å². The average molecular weight is 248 g/mol. The van der Waals surface area contributed by atoms with Gasteiger partial charge in [-0.25, -0.2) is 4.79 Å². The summed E-state index contributed by atoms with van der Waals surface area (Å²) in [5.41, 5.74) is -0.0671. The Bertz CT molecular complexity index is 275. The maximum atomic E-state index is 10.3. The first-order valence-electron chi connectivity index (χ1n) is 3.75. The summed E-state index contributed by atoms with van der Waals surface area (Å²) in [6.45, 7) is 1.93. The molecule has 3 N–H and O–H groups in total. The van der Waals surface area contributed by atoms with Crippen molar-refractivity contribution in [2.75, 3.05) is 6.61 Å². The first-order valence-corrected chi connectivity index (χ1v) is 3.75. The molecule has 83 valence electrons. The SMILES string of the molecule is CCO.O=C(O)c1ccccc1O.[Cu]. The van der Waals surface area contributed by atoms with Gasteiger partial charge in [0.05, 0.1) is 0 Å². The number of aliphatic hydroxyl groups excluding tert-OH is 1. The molecule has 0 heterocycles. The van der Waals surface area contributed by atoms with Gasteiger partial charge in [0.2, 0.25) is 0 Å². The summed E-state index contributed by atoms with van der Waals surface area (Å²) in [5.74, 6) is -1.31. The summed E-state index contributed by atoms with van der Waals surface area (Å²) < 4.78 is 0. The molecule has 1 rings (SSSR count). The van der Waals surface area contributed by atoms with E-state index in [1.165, 1.54) is 12.1 Å². The van der Waals surface area contributed by atoms with E-state index in [1.807, 2.05) is 0 Å². The fraction of sp³-hybridized carbons (Fsp3) is 0.222. The van der Waals surface area contributed by atoms with E-state index >= 15 is 0 Å². The molecule has 0 amide bonds. The van der Waals surface area contributed by atoms with Crippen LogP contribution in [0.15, 0.2) is 24.3 Å². The van der Waals surface area contributed by atoms with Crippen molar-refractivity contribution in [3.8, 4) is 5.75 Å². The number of carbonyl (C=O) groups is 1. The smallest absolute Gasteiger partial charge is 0.339 e. The minimum absolute atomic E-state index is 0. The van der Waals surface area contributed by atoms with Gasteiger partial charge in [-0.15, -0.1) is 0 Å². The number of para-hydroxylation sites is 1. The van der Waals surface area contributed by atoms with Crippen molar-refractivity contribution < 1.29 is 37.2 Å². The zero-order chi connectivity index (χ0) is 10.3. The van der Waals surface area contributed by atoms with E-state index < -0.39 is 5.97 Å². The van der Waals surface area contributed by atoms with Gasteiger partial charge in [0, 0.05) is 23.7 Å². The Morgan fingerprint density at radius 2 is 1.79 bits per heavy atom. The maximum absolute atomic E-state index is 10.3. The number of aromatic carboxylic acids is 1. The van der Waals surface area contributed by atoms with Gasteiger partial charge >= 0.3 is 5.97 Å². The third kappa shape index (κ3) is 5.59. The van der Waals surface area contributed by atoms with E-state index in [4.69, 9.17) is 15.3 Å².